The average molecular weight is 286 g/mol. The normalized spacial score (nSPS) is 10.0. The smallest absolute Gasteiger partial charge is 0.257 e. The average Bonchev–Trinajstić information content (AvgIpc) is 2.26. The molecular formula is C11H16BrN3O. The maximum absolute atomic E-state index is 11.9. The van der Waals surface area contributed by atoms with Gasteiger partial charge in [0.05, 0.1) is 5.56 Å². The number of pyridine rings is 1. The van der Waals surface area contributed by atoms with Gasteiger partial charge in [-0.2, -0.15) is 0 Å². The van der Waals surface area contributed by atoms with Crippen molar-refractivity contribution in [3.8, 4) is 0 Å². The summed E-state index contributed by atoms with van der Waals surface area (Å²) in [7, 11) is 3.46. The van der Waals surface area contributed by atoms with Crippen molar-refractivity contribution < 1.29 is 4.79 Å². The van der Waals surface area contributed by atoms with Crippen molar-refractivity contribution in [2.24, 2.45) is 0 Å². The highest BCUT2D eigenvalue weighted by atomic mass is 79.9. The molecule has 16 heavy (non-hydrogen) atoms. The summed E-state index contributed by atoms with van der Waals surface area (Å²) in [5, 5.41) is 3.15. The molecule has 1 amide bonds. The van der Waals surface area contributed by atoms with Gasteiger partial charge in [0.25, 0.3) is 5.91 Å². The Labute approximate surface area is 104 Å². The third kappa shape index (κ3) is 3.20. The molecule has 0 spiro atoms. The van der Waals surface area contributed by atoms with Crippen LogP contribution in [0.3, 0.4) is 0 Å². The maximum atomic E-state index is 11.9. The Morgan fingerprint density at radius 3 is 2.81 bits per heavy atom. The first kappa shape index (κ1) is 13.0. The highest BCUT2D eigenvalue weighted by Gasteiger charge is 2.14. The molecule has 0 atom stereocenters. The van der Waals surface area contributed by atoms with E-state index in [0.29, 0.717) is 11.4 Å². The largest absolute Gasteiger partial charge is 0.369 e. The van der Waals surface area contributed by atoms with Crippen molar-refractivity contribution in [3.05, 3.63) is 22.3 Å². The van der Waals surface area contributed by atoms with Gasteiger partial charge in [0.2, 0.25) is 0 Å². The SMILES string of the molecule is CCCNc1ncc(Br)cc1C(=O)N(C)C. The Morgan fingerprint density at radius 2 is 2.25 bits per heavy atom. The number of carbonyl (C=O) groups excluding carboxylic acids is 1. The molecule has 88 valence electrons. The zero-order chi connectivity index (χ0) is 12.1. The number of rotatable bonds is 4. The van der Waals surface area contributed by atoms with Crippen LogP contribution in [-0.4, -0.2) is 36.4 Å². The molecule has 1 aromatic rings. The molecule has 5 heteroatoms. The van der Waals surface area contributed by atoms with Crippen molar-refractivity contribution in [1.82, 2.24) is 9.88 Å². The number of halogens is 1. The standard InChI is InChI=1S/C11H16BrN3O/c1-4-5-13-10-9(11(16)15(2)3)6-8(12)7-14-10/h6-7H,4-5H2,1-3H3,(H,13,14). The topological polar surface area (TPSA) is 45.2 Å². The number of hydrogen-bond acceptors (Lipinski definition) is 3. The van der Waals surface area contributed by atoms with Crippen molar-refractivity contribution >= 4 is 27.7 Å². The molecule has 0 saturated carbocycles. The zero-order valence-electron chi connectivity index (χ0n) is 9.75. The fourth-order valence-corrected chi connectivity index (χ4v) is 1.56. The van der Waals surface area contributed by atoms with Gasteiger partial charge in [0.1, 0.15) is 5.82 Å². The first-order valence-corrected chi connectivity index (χ1v) is 5.96. The first-order chi connectivity index (χ1) is 7.56. The predicted molar refractivity (Wildman–Crippen MR) is 68.7 cm³/mol. The van der Waals surface area contributed by atoms with Crippen LogP contribution in [0.25, 0.3) is 0 Å². The number of anilines is 1. The second-order valence-corrected chi connectivity index (χ2v) is 4.59. The number of hydrogen-bond donors (Lipinski definition) is 1. The lowest BCUT2D eigenvalue weighted by atomic mass is 10.2. The van der Waals surface area contributed by atoms with Crippen molar-refractivity contribution in [2.75, 3.05) is 26.0 Å². The molecule has 0 fully saturated rings. The fourth-order valence-electron chi connectivity index (χ4n) is 1.23. The quantitative estimate of drug-likeness (QED) is 0.924. The third-order valence-corrected chi connectivity index (χ3v) is 2.47. The van der Waals surface area contributed by atoms with Crippen LogP contribution < -0.4 is 5.32 Å². The van der Waals surface area contributed by atoms with Gasteiger partial charge < -0.3 is 10.2 Å². The lowest BCUT2D eigenvalue weighted by Gasteiger charge is -2.14. The highest BCUT2D eigenvalue weighted by Crippen LogP contribution is 2.19. The lowest BCUT2D eigenvalue weighted by molar-refractivity contribution is 0.0828. The Morgan fingerprint density at radius 1 is 1.56 bits per heavy atom. The molecule has 0 aromatic carbocycles. The van der Waals surface area contributed by atoms with Gasteiger partial charge in [-0.05, 0) is 28.4 Å². The number of amides is 1. The molecule has 1 heterocycles. The van der Waals surface area contributed by atoms with E-state index >= 15 is 0 Å². The minimum absolute atomic E-state index is 0.0487. The fraction of sp³-hybridized carbons (Fsp3) is 0.455. The molecule has 1 N–H and O–H groups in total. The molecule has 0 saturated heterocycles. The van der Waals surface area contributed by atoms with Gasteiger partial charge in [-0.25, -0.2) is 4.98 Å². The van der Waals surface area contributed by atoms with Crippen LogP contribution in [0.1, 0.15) is 23.7 Å². The van der Waals surface area contributed by atoms with E-state index in [1.807, 2.05) is 0 Å². The molecular weight excluding hydrogens is 270 g/mol. The summed E-state index contributed by atoms with van der Waals surface area (Å²) < 4.78 is 0.805. The summed E-state index contributed by atoms with van der Waals surface area (Å²) in [5.41, 5.74) is 0.591. The molecule has 0 bridgehead atoms. The van der Waals surface area contributed by atoms with Crippen LogP contribution >= 0.6 is 15.9 Å². The van der Waals surface area contributed by atoms with E-state index < -0.39 is 0 Å². The van der Waals surface area contributed by atoms with Crippen LogP contribution in [0.4, 0.5) is 5.82 Å². The van der Waals surface area contributed by atoms with E-state index in [1.165, 1.54) is 0 Å². The molecule has 4 nitrogen and oxygen atoms in total. The van der Waals surface area contributed by atoms with E-state index in [9.17, 15) is 4.79 Å². The van der Waals surface area contributed by atoms with Gasteiger partial charge in [-0.15, -0.1) is 0 Å². The Kier molecular flexibility index (Phi) is 4.73. The van der Waals surface area contributed by atoms with Crippen molar-refractivity contribution in [1.29, 1.82) is 0 Å². The second-order valence-electron chi connectivity index (χ2n) is 3.68. The Bertz CT molecular complexity index is 379. The van der Waals surface area contributed by atoms with Crippen molar-refractivity contribution in [3.63, 3.8) is 0 Å². The minimum atomic E-state index is -0.0487. The van der Waals surface area contributed by atoms with Crippen LogP contribution in [0.15, 0.2) is 16.7 Å². The number of nitrogens with one attached hydrogen (secondary N) is 1. The lowest BCUT2D eigenvalue weighted by Crippen LogP contribution is -2.23. The summed E-state index contributed by atoms with van der Waals surface area (Å²) in [6.07, 6.45) is 2.68. The minimum Gasteiger partial charge on any atom is -0.369 e. The molecule has 0 aliphatic heterocycles. The predicted octanol–water partition coefficient (Wildman–Crippen LogP) is 2.37. The monoisotopic (exact) mass is 285 g/mol. The van der Waals surface area contributed by atoms with Crippen LogP contribution in [0, 0.1) is 0 Å². The zero-order valence-corrected chi connectivity index (χ0v) is 11.3. The summed E-state index contributed by atoms with van der Waals surface area (Å²) in [6, 6.07) is 1.79. The Balaban J connectivity index is 3.03. The summed E-state index contributed by atoms with van der Waals surface area (Å²) in [6.45, 7) is 2.88. The van der Waals surface area contributed by atoms with E-state index in [2.05, 4.69) is 33.2 Å². The van der Waals surface area contributed by atoms with Crippen molar-refractivity contribution in [2.45, 2.75) is 13.3 Å². The van der Waals surface area contributed by atoms with Crippen LogP contribution in [-0.2, 0) is 0 Å². The van der Waals surface area contributed by atoms with E-state index in [0.717, 1.165) is 17.4 Å². The molecule has 0 aliphatic carbocycles. The number of aromatic nitrogens is 1. The maximum Gasteiger partial charge on any atom is 0.257 e. The highest BCUT2D eigenvalue weighted by molar-refractivity contribution is 9.10. The molecule has 1 aromatic heterocycles. The van der Waals surface area contributed by atoms with Crippen LogP contribution in [0.2, 0.25) is 0 Å². The molecule has 1 rings (SSSR count). The first-order valence-electron chi connectivity index (χ1n) is 5.17. The van der Waals surface area contributed by atoms with Gasteiger partial charge in [-0.1, -0.05) is 6.92 Å². The molecule has 0 radical (unpaired) electrons. The second kappa shape index (κ2) is 5.84. The van der Waals surface area contributed by atoms with Gasteiger partial charge in [0, 0.05) is 31.3 Å². The van der Waals surface area contributed by atoms with Gasteiger partial charge in [-0.3, -0.25) is 4.79 Å². The summed E-state index contributed by atoms with van der Waals surface area (Å²) >= 11 is 3.32. The van der Waals surface area contributed by atoms with Gasteiger partial charge >= 0.3 is 0 Å². The number of nitrogens with zero attached hydrogens (tertiary/aromatic N) is 2. The van der Waals surface area contributed by atoms with E-state index in [-0.39, 0.29) is 5.91 Å². The van der Waals surface area contributed by atoms with Gasteiger partial charge in [0.15, 0.2) is 0 Å². The van der Waals surface area contributed by atoms with E-state index in [1.54, 1.807) is 31.3 Å². The third-order valence-electron chi connectivity index (χ3n) is 2.03. The summed E-state index contributed by atoms with van der Waals surface area (Å²) in [5.74, 6) is 0.594. The molecule has 0 aliphatic rings. The molecule has 0 unspecified atom stereocenters. The number of carbonyl (C=O) groups is 1. The Hall–Kier alpha value is -1.10. The summed E-state index contributed by atoms with van der Waals surface area (Å²) in [4.78, 5) is 17.7. The van der Waals surface area contributed by atoms with E-state index in [4.69, 9.17) is 0 Å². The van der Waals surface area contributed by atoms with Crippen LogP contribution in [0.5, 0.6) is 0 Å².